The lowest BCUT2D eigenvalue weighted by Gasteiger charge is -2.22. The van der Waals surface area contributed by atoms with Crippen molar-refractivity contribution in [2.45, 2.75) is 59.1 Å². The number of nitrogens with one attached hydrogen (secondary N) is 1. The molecule has 2 rings (SSSR count). The average Bonchev–Trinajstić information content (AvgIpc) is 2.65. The van der Waals surface area contributed by atoms with Crippen molar-refractivity contribution in [2.75, 3.05) is 0 Å². The molecule has 3 heteroatoms. The van der Waals surface area contributed by atoms with E-state index in [2.05, 4.69) is 50.4 Å². The SMILES string of the molecule is CCc1ccc(O[C@@H](CC)C(=O)N[C@@H](CC)c2ccc(C)cc2)cc1. The monoisotopic (exact) mass is 339 g/mol. The first-order valence-corrected chi connectivity index (χ1v) is 9.19. The summed E-state index contributed by atoms with van der Waals surface area (Å²) in [5, 5.41) is 3.13. The van der Waals surface area contributed by atoms with Crippen LogP contribution in [-0.2, 0) is 11.2 Å². The zero-order chi connectivity index (χ0) is 18.2. The van der Waals surface area contributed by atoms with Gasteiger partial charge in [0.25, 0.3) is 5.91 Å². The summed E-state index contributed by atoms with van der Waals surface area (Å²) in [6, 6.07) is 16.3. The maximum absolute atomic E-state index is 12.7. The van der Waals surface area contributed by atoms with E-state index in [1.807, 2.05) is 31.2 Å². The first-order chi connectivity index (χ1) is 12.1. The van der Waals surface area contributed by atoms with Crippen molar-refractivity contribution in [3.63, 3.8) is 0 Å². The van der Waals surface area contributed by atoms with E-state index >= 15 is 0 Å². The molecule has 0 aliphatic rings. The molecule has 0 aromatic heterocycles. The van der Waals surface area contributed by atoms with Gasteiger partial charge in [0.05, 0.1) is 6.04 Å². The van der Waals surface area contributed by atoms with E-state index in [1.165, 1.54) is 11.1 Å². The van der Waals surface area contributed by atoms with E-state index < -0.39 is 6.10 Å². The van der Waals surface area contributed by atoms with Gasteiger partial charge in [-0.05, 0) is 49.4 Å². The molecule has 0 radical (unpaired) electrons. The smallest absolute Gasteiger partial charge is 0.261 e. The predicted octanol–water partition coefficient (Wildman–Crippen LogP) is 4.98. The fourth-order valence-corrected chi connectivity index (χ4v) is 2.77. The molecule has 0 saturated heterocycles. The third kappa shape index (κ3) is 5.35. The van der Waals surface area contributed by atoms with Gasteiger partial charge in [-0.3, -0.25) is 4.79 Å². The molecule has 0 unspecified atom stereocenters. The Hall–Kier alpha value is -2.29. The molecule has 0 aliphatic heterocycles. The van der Waals surface area contributed by atoms with Crippen LogP contribution in [0.3, 0.4) is 0 Å². The molecule has 1 N–H and O–H groups in total. The largest absolute Gasteiger partial charge is 0.481 e. The number of amides is 1. The molecule has 25 heavy (non-hydrogen) atoms. The average molecular weight is 339 g/mol. The van der Waals surface area contributed by atoms with Crippen molar-refractivity contribution in [3.8, 4) is 5.75 Å². The van der Waals surface area contributed by atoms with Gasteiger partial charge in [0.2, 0.25) is 0 Å². The summed E-state index contributed by atoms with van der Waals surface area (Å²) in [7, 11) is 0. The van der Waals surface area contributed by atoms with Crippen molar-refractivity contribution in [2.24, 2.45) is 0 Å². The van der Waals surface area contributed by atoms with Crippen molar-refractivity contribution >= 4 is 5.91 Å². The Bertz CT molecular complexity index is 661. The first kappa shape index (κ1) is 19.0. The van der Waals surface area contributed by atoms with Crippen molar-refractivity contribution in [3.05, 3.63) is 65.2 Å². The summed E-state index contributed by atoms with van der Waals surface area (Å²) >= 11 is 0. The molecule has 0 spiro atoms. The molecule has 0 fully saturated rings. The molecular formula is C22H29NO2. The van der Waals surface area contributed by atoms with Gasteiger partial charge in [-0.25, -0.2) is 0 Å². The minimum Gasteiger partial charge on any atom is -0.481 e. The normalized spacial score (nSPS) is 13.1. The summed E-state index contributed by atoms with van der Waals surface area (Å²) in [5.41, 5.74) is 3.61. The van der Waals surface area contributed by atoms with Crippen LogP contribution in [0.15, 0.2) is 48.5 Å². The molecule has 2 aromatic rings. The highest BCUT2D eigenvalue weighted by Gasteiger charge is 2.21. The summed E-state index contributed by atoms with van der Waals surface area (Å²) in [5.74, 6) is 0.678. The Morgan fingerprint density at radius 3 is 2.12 bits per heavy atom. The van der Waals surface area contributed by atoms with Crippen LogP contribution in [0.25, 0.3) is 0 Å². The predicted molar refractivity (Wildman–Crippen MR) is 103 cm³/mol. The van der Waals surface area contributed by atoms with Gasteiger partial charge >= 0.3 is 0 Å². The van der Waals surface area contributed by atoms with E-state index in [1.54, 1.807) is 0 Å². The van der Waals surface area contributed by atoms with Crippen LogP contribution in [-0.4, -0.2) is 12.0 Å². The number of hydrogen-bond acceptors (Lipinski definition) is 2. The van der Waals surface area contributed by atoms with Gasteiger partial charge in [-0.2, -0.15) is 0 Å². The fraction of sp³-hybridized carbons (Fsp3) is 0.409. The van der Waals surface area contributed by atoms with Gasteiger partial charge in [0.15, 0.2) is 6.10 Å². The summed E-state index contributed by atoms with van der Waals surface area (Å²) in [6.07, 6.45) is 1.99. The van der Waals surface area contributed by atoms with Crippen LogP contribution in [0, 0.1) is 6.92 Å². The third-order valence-electron chi connectivity index (χ3n) is 4.48. The van der Waals surface area contributed by atoms with E-state index in [9.17, 15) is 4.79 Å². The fourth-order valence-electron chi connectivity index (χ4n) is 2.77. The lowest BCUT2D eigenvalue weighted by Crippen LogP contribution is -2.39. The van der Waals surface area contributed by atoms with Gasteiger partial charge in [-0.15, -0.1) is 0 Å². The molecule has 3 nitrogen and oxygen atoms in total. The number of ether oxygens (including phenoxy) is 1. The van der Waals surface area contributed by atoms with Gasteiger partial charge in [0, 0.05) is 0 Å². The second-order valence-corrected chi connectivity index (χ2v) is 6.39. The van der Waals surface area contributed by atoms with Crippen LogP contribution in [0.4, 0.5) is 0 Å². The van der Waals surface area contributed by atoms with E-state index in [4.69, 9.17) is 4.74 Å². The minimum absolute atomic E-state index is 0.00761. The Morgan fingerprint density at radius 2 is 1.60 bits per heavy atom. The second-order valence-electron chi connectivity index (χ2n) is 6.39. The van der Waals surface area contributed by atoms with Crippen LogP contribution >= 0.6 is 0 Å². The van der Waals surface area contributed by atoms with Gasteiger partial charge in [0.1, 0.15) is 5.75 Å². The summed E-state index contributed by atoms with van der Waals surface area (Å²) < 4.78 is 5.91. The number of aryl methyl sites for hydroxylation is 2. The number of carbonyl (C=O) groups is 1. The van der Waals surface area contributed by atoms with Crippen LogP contribution in [0.2, 0.25) is 0 Å². The molecule has 0 heterocycles. The maximum atomic E-state index is 12.7. The van der Waals surface area contributed by atoms with Crippen molar-refractivity contribution < 1.29 is 9.53 Å². The molecule has 2 aromatic carbocycles. The highest BCUT2D eigenvalue weighted by molar-refractivity contribution is 5.81. The van der Waals surface area contributed by atoms with Gasteiger partial charge < -0.3 is 10.1 Å². The summed E-state index contributed by atoms with van der Waals surface area (Å²) in [4.78, 5) is 12.7. The zero-order valence-electron chi connectivity index (χ0n) is 15.7. The highest BCUT2D eigenvalue weighted by Crippen LogP contribution is 2.19. The van der Waals surface area contributed by atoms with Crippen LogP contribution in [0.5, 0.6) is 5.75 Å². The highest BCUT2D eigenvalue weighted by atomic mass is 16.5. The minimum atomic E-state index is -0.480. The van der Waals surface area contributed by atoms with E-state index in [0.29, 0.717) is 6.42 Å². The Morgan fingerprint density at radius 1 is 0.960 bits per heavy atom. The van der Waals surface area contributed by atoms with Crippen molar-refractivity contribution in [1.29, 1.82) is 0 Å². The number of benzene rings is 2. The summed E-state index contributed by atoms with van der Waals surface area (Å²) in [6.45, 7) is 8.23. The Labute approximate surface area is 151 Å². The molecule has 0 saturated carbocycles. The molecule has 0 bridgehead atoms. The van der Waals surface area contributed by atoms with Crippen molar-refractivity contribution in [1.82, 2.24) is 5.32 Å². The molecule has 2 atom stereocenters. The maximum Gasteiger partial charge on any atom is 0.261 e. The number of hydrogen-bond donors (Lipinski definition) is 1. The first-order valence-electron chi connectivity index (χ1n) is 9.19. The zero-order valence-corrected chi connectivity index (χ0v) is 15.7. The van der Waals surface area contributed by atoms with E-state index in [-0.39, 0.29) is 11.9 Å². The van der Waals surface area contributed by atoms with Crippen LogP contribution in [0.1, 0.15) is 56.3 Å². The van der Waals surface area contributed by atoms with Crippen LogP contribution < -0.4 is 10.1 Å². The number of carbonyl (C=O) groups excluding carboxylic acids is 1. The molecule has 134 valence electrons. The Kier molecular flexibility index (Phi) is 7.05. The van der Waals surface area contributed by atoms with Gasteiger partial charge in [-0.1, -0.05) is 62.7 Å². The molecule has 1 amide bonds. The lowest BCUT2D eigenvalue weighted by molar-refractivity contribution is -0.128. The number of rotatable bonds is 8. The topological polar surface area (TPSA) is 38.3 Å². The molecular weight excluding hydrogens is 310 g/mol. The third-order valence-corrected chi connectivity index (χ3v) is 4.48. The second kappa shape index (κ2) is 9.26. The van der Waals surface area contributed by atoms with E-state index in [0.717, 1.165) is 24.2 Å². The Balaban J connectivity index is 2.03. The lowest BCUT2D eigenvalue weighted by atomic mass is 10.0. The molecule has 0 aliphatic carbocycles. The standard InChI is InChI=1S/C22H29NO2/c1-5-17-10-14-19(15-11-17)25-21(7-3)22(24)23-20(6-2)18-12-8-16(4)9-13-18/h8-15,20-21H,5-7H2,1-4H3,(H,23,24)/t20-,21-/m0/s1. The quantitative estimate of drug-likeness (QED) is 0.736.